The highest BCUT2D eigenvalue weighted by atomic mass is 19.1. The van der Waals surface area contributed by atoms with E-state index in [1.165, 1.54) is 5.56 Å². The molecule has 0 aliphatic rings. The zero-order valence-corrected chi connectivity index (χ0v) is 7.47. The van der Waals surface area contributed by atoms with Crippen LogP contribution in [-0.2, 0) is 0 Å². The van der Waals surface area contributed by atoms with Gasteiger partial charge in [0.25, 0.3) is 0 Å². The van der Waals surface area contributed by atoms with E-state index in [1.807, 2.05) is 31.2 Å². The van der Waals surface area contributed by atoms with E-state index in [2.05, 4.69) is 5.32 Å². The van der Waals surface area contributed by atoms with Crippen LogP contribution in [0.1, 0.15) is 12.5 Å². The predicted molar refractivity (Wildman–Crippen MR) is 50.2 cm³/mol. The normalized spacial score (nSPS) is 12.6. The molecule has 0 aliphatic carbocycles. The van der Waals surface area contributed by atoms with Crippen LogP contribution in [0.25, 0.3) is 0 Å². The number of anilines is 1. The van der Waals surface area contributed by atoms with Crippen molar-refractivity contribution in [3.05, 3.63) is 29.8 Å². The molecule has 0 aliphatic heterocycles. The number of benzene rings is 1. The average molecular weight is 167 g/mol. The van der Waals surface area contributed by atoms with Crippen LogP contribution in [0.5, 0.6) is 0 Å². The maximum absolute atomic E-state index is 12.4. The Morgan fingerprint density at radius 1 is 1.33 bits per heavy atom. The van der Waals surface area contributed by atoms with Crippen molar-refractivity contribution in [1.82, 2.24) is 0 Å². The number of hydrogen-bond donors (Lipinski definition) is 1. The van der Waals surface area contributed by atoms with Gasteiger partial charge in [0.05, 0.1) is 0 Å². The summed E-state index contributed by atoms with van der Waals surface area (Å²) in [4.78, 5) is 0. The van der Waals surface area contributed by atoms with E-state index in [-0.39, 0.29) is 0 Å². The van der Waals surface area contributed by atoms with Crippen molar-refractivity contribution in [3.63, 3.8) is 0 Å². The first-order chi connectivity index (χ1) is 5.68. The summed E-state index contributed by atoms with van der Waals surface area (Å²) in [6, 6.07) is 7.92. The summed E-state index contributed by atoms with van der Waals surface area (Å²) < 4.78 is 12.4. The lowest BCUT2D eigenvalue weighted by Gasteiger charge is -2.06. The van der Waals surface area contributed by atoms with Crippen LogP contribution in [0.4, 0.5) is 10.1 Å². The lowest BCUT2D eigenvalue weighted by atomic mass is 10.2. The Balaban J connectivity index is 2.48. The summed E-state index contributed by atoms with van der Waals surface area (Å²) in [6.07, 6.45) is -0.800. The van der Waals surface area contributed by atoms with Gasteiger partial charge in [-0.3, -0.25) is 0 Å². The van der Waals surface area contributed by atoms with Crippen molar-refractivity contribution in [1.29, 1.82) is 0 Å². The summed E-state index contributed by atoms with van der Waals surface area (Å²) in [5.41, 5.74) is 2.19. The fraction of sp³-hybridized carbons (Fsp3) is 0.400. The topological polar surface area (TPSA) is 12.0 Å². The first kappa shape index (κ1) is 9.04. The molecule has 1 N–H and O–H groups in total. The molecule has 12 heavy (non-hydrogen) atoms. The van der Waals surface area contributed by atoms with Crippen LogP contribution in [0.2, 0.25) is 0 Å². The van der Waals surface area contributed by atoms with Crippen molar-refractivity contribution < 1.29 is 4.39 Å². The number of alkyl halides is 1. The van der Waals surface area contributed by atoms with E-state index in [1.54, 1.807) is 6.92 Å². The largest absolute Gasteiger partial charge is 0.382 e. The average Bonchev–Trinajstić information content (AvgIpc) is 2.03. The molecule has 0 heterocycles. The fourth-order valence-corrected chi connectivity index (χ4v) is 0.930. The van der Waals surface area contributed by atoms with Crippen LogP contribution >= 0.6 is 0 Å². The first-order valence-electron chi connectivity index (χ1n) is 4.13. The van der Waals surface area contributed by atoms with Crippen LogP contribution in [0, 0.1) is 6.92 Å². The Kier molecular flexibility index (Phi) is 3.09. The SMILES string of the molecule is Cc1ccc(NCC(C)F)cc1. The molecule has 1 aromatic carbocycles. The third-order valence-corrected chi connectivity index (χ3v) is 1.64. The van der Waals surface area contributed by atoms with Gasteiger partial charge in [-0.25, -0.2) is 4.39 Å². The second-order valence-corrected chi connectivity index (χ2v) is 3.03. The number of aryl methyl sites for hydroxylation is 1. The van der Waals surface area contributed by atoms with E-state index in [0.717, 1.165) is 5.69 Å². The lowest BCUT2D eigenvalue weighted by Crippen LogP contribution is -2.10. The first-order valence-corrected chi connectivity index (χ1v) is 4.13. The molecule has 0 aromatic heterocycles. The van der Waals surface area contributed by atoms with Gasteiger partial charge in [0, 0.05) is 12.2 Å². The van der Waals surface area contributed by atoms with Crippen LogP contribution in [0.15, 0.2) is 24.3 Å². The summed E-state index contributed by atoms with van der Waals surface area (Å²) in [7, 11) is 0. The Labute approximate surface area is 72.6 Å². The minimum absolute atomic E-state index is 0.378. The highest BCUT2D eigenvalue weighted by molar-refractivity contribution is 5.44. The van der Waals surface area contributed by atoms with Crippen molar-refractivity contribution in [2.24, 2.45) is 0 Å². The molecule has 0 radical (unpaired) electrons. The molecule has 1 unspecified atom stereocenters. The van der Waals surface area contributed by atoms with Crippen molar-refractivity contribution >= 4 is 5.69 Å². The molecule has 0 bridgehead atoms. The zero-order valence-electron chi connectivity index (χ0n) is 7.47. The zero-order chi connectivity index (χ0) is 8.97. The van der Waals surface area contributed by atoms with Crippen LogP contribution in [0.3, 0.4) is 0 Å². The molecule has 0 amide bonds. The summed E-state index contributed by atoms with van der Waals surface area (Å²) in [5, 5.41) is 3.00. The highest BCUT2D eigenvalue weighted by Gasteiger charge is 1.96. The third-order valence-electron chi connectivity index (χ3n) is 1.64. The van der Waals surface area contributed by atoms with Gasteiger partial charge >= 0.3 is 0 Å². The van der Waals surface area contributed by atoms with Gasteiger partial charge in [-0.15, -0.1) is 0 Å². The molecule has 1 aromatic rings. The number of nitrogens with one attached hydrogen (secondary N) is 1. The van der Waals surface area contributed by atoms with Gasteiger partial charge in [0.2, 0.25) is 0 Å². The Morgan fingerprint density at radius 3 is 2.42 bits per heavy atom. The number of rotatable bonds is 3. The van der Waals surface area contributed by atoms with Crippen molar-refractivity contribution in [2.75, 3.05) is 11.9 Å². The minimum Gasteiger partial charge on any atom is -0.382 e. The Hall–Kier alpha value is -1.05. The standard InChI is InChI=1S/C10H14FN/c1-8-3-5-10(6-4-8)12-7-9(2)11/h3-6,9,12H,7H2,1-2H3. The molecule has 1 nitrogen and oxygen atoms in total. The Morgan fingerprint density at radius 2 is 1.92 bits per heavy atom. The molecule has 0 saturated carbocycles. The van der Waals surface area contributed by atoms with Gasteiger partial charge in [0.15, 0.2) is 0 Å². The Bertz CT molecular complexity index is 228. The molecule has 0 saturated heterocycles. The summed E-state index contributed by atoms with van der Waals surface area (Å²) in [6.45, 7) is 3.95. The third kappa shape index (κ3) is 2.91. The van der Waals surface area contributed by atoms with Crippen LogP contribution in [-0.4, -0.2) is 12.7 Å². The van der Waals surface area contributed by atoms with Gasteiger partial charge in [-0.2, -0.15) is 0 Å². The maximum Gasteiger partial charge on any atom is 0.114 e. The van der Waals surface area contributed by atoms with E-state index in [0.29, 0.717) is 6.54 Å². The van der Waals surface area contributed by atoms with E-state index >= 15 is 0 Å². The molecular weight excluding hydrogens is 153 g/mol. The molecule has 0 fully saturated rings. The lowest BCUT2D eigenvalue weighted by molar-refractivity contribution is 0.378. The second kappa shape index (κ2) is 4.10. The van der Waals surface area contributed by atoms with Gasteiger partial charge in [-0.1, -0.05) is 17.7 Å². The van der Waals surface area contributed by atoms with E-state index in [9.17, 15) is 4.39 Å². The molecule has 66 valence electrons. The van der Waals surface area contributed by atoms with Gasteiger partial charge in [0.1, 0.15) is 6.17 Å². The van der Waals surface area contributed by atoms with Crippen LogP contribution < -0.4 is 5.32 Å². The fourth-order valence-electron chi connectivity index (χ4n) is 0.930. The highest BCUT2D eigenvalue weighted by Crippen LogP contribution is 2.08. The smallest absolute Gasteiger partial charge is 0.114 e. The molecule has 0 spiro atoms. The van der Waals surface area contributed by atoms with Gasteiger partial charge < -0.3 is 5.32 Å². The van der Waals surface area contributed by atoms with E-state index < -0.39 is 6.17 Å². The molecular formula is C10H14FN. The van der Waals surface area contributed by atoms with Gasteiger partial charge in [-0.05, 0) is 26.0 Å². The van der Waals surface area contributed by atoms with Crippen molar-refractivity contribution in [3.8, 4) is 0 Å². The molecule has 1 atom stereocenters. The summed E-state index contributed by atoms with van der Waals surface area (Å²) >= 11 is 0. The molecule has 2 heteroatoms. The monoisotopic (exact) mass is 167 g/mol. The van der Waals surface area contributed by atoms with Crippen molar-refractivity contribution in [2.45, 2.75) is 20.0 Å². The quantitative estimate of drug-likeness (QED) is 0.730. The second-order valence-electron chi connectivity index (χ2n) is 3.03. The maximum atomic E-state index is 12.4. The van der Waals surface area contributed by atoms with E-state index in [4.69, 9.17) is 0 Å². The summed E-state index contributed by atoms with van der Waals surface area (Å²) in [5.74, 6) is 0. The minimum atomic E-state index is -0.800. The molecule has 1 rings (SSSR count). The predicted octanol–water partition coefficient (Wildman–Crippen LogP) is 2.76. The number of hydrogen-bond acceptors (Lipinski definition) is 1. The number of halogens is 1.